The fourth-order valence-electron chi connectivity index (χ4n) is 5.44. The number of carbonyl (C=O) groups excluding carboxylic acids is 3. The van der Waals surface area contributed by atoms with Gasteiger partial charge in [-0.3, -0.25) is 9.59 Å². The average Bonchev–Trinajstić information content (AvgIpc) is 2.94. The normalized spacial score (nSPS) is 12.9. The first-order chi connectivity index (χ1) is 20.8. The van der Waals surface area contributed by atoms with Gasteiger partial charge in [-0.15, -0.1) is 0 Å². The summed E-state index contributed by atoms with van der Waals surface area (Å²) < 4.78 is 5.51. The summed E-state index contributed by atoms with van der Waals surface area (Å²) in [4.78, 5) is 43.4. The van der Waals surface area contributed by atoms with Crippen molar-refractivity contribution in [2.75, 3.05) is 11.9 Å². The molecular formula is C37H51N3O4. The molecule has 0 spiro atoms. The highest BCUT2D eigenvalue weighted by Gasteiger charge is 2.38. The molecule has 238 valence electrons. The Labute approximate surface area is 263 Å². The number of aryl methyl sites for hydroxylation is 2. The smallest absolute Gasteiger partial charge is 0.408 e. The van der Waals surface area contributed by atoms with Gasteiger partial charge in [-0.1, -0.05) is 101 Å². The second kappa shape index (κ2) is 15.7. The Bertz CT molecular complexity index is 1430. The van der Waals surface area contributed by atoms with Crippen LogP contribution in [0.5, 0.6) is 0 Å². The Kier molecular flexibility index (Phi) is 12.4. The standard InChI is InChI=1S/C37H51N3O4/c1-9-10-11-12-15-22-40(35(42)32(25(2)3)39-36(43)44-37(6,7)8)33(31-21-18-26(4)23-27(31)5)34(41)38-30-20-19-28-16-13-14-17-29(28)24-30/h13-14,16-21,23-25,32-33H,9-12,15,22H2,1-8H3,(H,38,41)(H,39,43). The van der Waals surface area contributed by atoms with E-state index in [1.165, 1.54) is 0 Å². The van der Waals surface area contributed by atoms with Crippen LogP contribution in [0.2, 0.25) is 0 Å². The number of fused-ring (bicyclic) bond motifs is 1. The predicted octanol–water partition coefficient (Wildman–Crippen LogP) is 8.48. The molecule has 2 atom stereocenters. The molecule has 0 aliphatic carbocycles. The lowest BCUT2D eigenvalue weighted by atomic mass is 9.94. The first-order valence-corrected chi connectivity index (χ1v) is 16.0. The van der Waals surface area contributed by atoms with E-state index in [2.05, 4.69) is 17.6 Å². The number of unbranched alkanes of at least 4 members (excludes halogenated alkanes) is 4. The summed E-state index contributed by atoms with van der Waals surface area (Å²) >= 11 is 0. The van der Waals surface area contributed by atoms with Gasteiger partial charge < -0.3 is 20.3 Å². The summed E-state index contributed by atoms with van der Waals surface area (Å²) in [5.74, 6) is -0.838. The van der Waals surface area contributed by atoms with Crippen LogP contribution in [0.1, 0.15) is 96.4 Å². The molecule has 2 N–H and O–H groups in total. The summed E-state index contributed by atoms with van der Waals surface area (Å²) in [6, 6.07) is 18.0. The molecule has 0 bridgehead atoms. The van der Waals surface area contributed by atoms with Crippen molar-refractivity contribution in [3.8, 4) is 0 Å². The highest BCUT2D eigenvalue weighted by molar-refractivity contribution is 6.00. The van der Waals surface area contributed by atoms with E-state index in [4.69, 9.17) is 4.74 Å². The molecule has 7 nitrogen and oxygen atoms in total. The van der Waals surface area contributed by atoms with Crippen LogP contribution in [0.4, 0.5) is 10.5 Å². The molecule has 3 amide bonds. The zero-order valence-corrected chi connectivity index (χ0v) is 27.8. The second-order valence-corrected chi connectivity index (χ2v) is 13.1. The topological polar surface area (TPSA) is 87.7 Å². The highest BCUT2D eigenvalue weighted by Crippen LogP contribution is 2.30. The van der Waals surface area contributed by atoms with E-state index >= 15 is 0 Å². The van der Waals surface area contributed by atoms with Gasteiger partial charge in [-0.25, -0.2) is 4.79 Å². The maximum absolute atomic E-state index is 14.5. The van der Waals surface area contributed by atoms with Gasteiger partial charge in [0.2, 0.25) is 5.91 Å². The number of nitrogens with zero attached hydrogens (tertiary/aromatic N) is 1. The number of anilines is 1. The van der Waals surface area contributed by atoms with E-state index < -0.39 is 23.8 Å². The van der Waals surface area contributed by atoms with Crippen LogP contribution in [0.3, 0.4) is 0 Å². The van der Waals surface area contributed by atoms with Crippen LogP contribution in [0, 0.1) is 19.8 Å². The third-order valence-electron chi connectivity index (χ3n) is 7.69. The van der Waals surface area contributed by atoms with Crippen LogP contribution in [0.25, 0.3) is 10.8 Å². The van der Waals surface area contributed by atoms with Gasteiger partial charge in [0.25, 0.3) is 5.91 Å². The van der Waals surface area contributed by atoms with Gasteiger partial charge >= 0.3 is 6.09 Å². The van der Waals surface area contributed by atoms with Crippen LogP contribution in [-0.2, 0) is 14.3 Å². The molecule has 0 aromatic heterocycles. The molecule has 3 rings (SSSR count). The number of alkyl carbamates (subject to hydrolysis) is 1. The Morgan fingerprint density at radius 1 is 0.864 bits per heavy atom. The first-order valence-electron chi connectivity index (χ1n) is 16.0. The fraction of sp³-hybridized carbons (Fsp3) is 0.486. The molecule has 3 aromatic carbocycles. The summed E-state index contributed by atoms with van der Waals surface area (Å²) in [6.45, 7) is 15.7. The lowest BCUT2D eigenvalue weighted by Gasteiger charge is -2.36. The minimum Gasteiger partial charge on any atom is -0.444 e. The third-order valence-corrected chi connectivity index (χ3v) is 7.69. The first kappa shape index (κ1) is 34.6. The highest BCUT2D eigenvalue weighted by atomic mass is 16.6. The Balaban J connectivity index is 2.05. The summed E-state index contributed by atoms with van der Waals surface area (Å²) in [5, 5.41) is 8.02. The maximum atomic E-state index is 14.5. The van der Waals surface area contributed by atoms with Crippen molar-refractivity contribution in [1.82, 2.24) is 10.2 Å². The molecule has 0 saturated heterocycles. The van der Waals surface area contributed by atoms with Gasteiger partial charge in [0.15, 0.2) is 0 Å². The van der Waals surface area contributed by atoms with E-state index in [0.717, 1.165) is 59.6 Å². The molecule has 0 aliphatic heterocycles. The van der Waals surface area contributed by atoms with Gasteiger partial charge in [-0.05, 0) is 81.0 Å². The molecule has 0 radical (unpaired) electrons. The quantitative estimate of drug-likeness (QED) is 0.192. The number of hydrogen-bond acceptors (Lipinski definition) is 4. The lowest BCUT2D eigenvalue weighted by Crippen LogP contribution is -2.54. The van der Waals surface area contributed by atoms with Crippen LogP contribution in [-0.4, -0.2) is 41.0 Å². The number of amides is 3. The van der Waals surface area contributed by atoms with E-state index in [0.29, 0.717) is 12.2 Å². The summed E-state index contributed by atoms with van der Waals surface area (Å²) in [5.41, 5.74) is 2.70. The number of rotatable bonds is 13. The minimum atomic E-state index is -0.901. The van der Waals surface area contributed by atoms with E-state index in [1.807, 2.05) is 88.4 Å². The molecule has 0 fully saturated rings. The second-order valence-electron chi connectivity index (χ2n) is 13.1. The molecule has 44 heavy (non-hydrogen) atoms. The molecule has 2 unspecified atom stereocenters. The number of hydrogen-bond donors (Lipinski definition) is 2. The maximum Gasteiger partial charge on any atom is 0.408 e. The van der Waals surface area contributed by atoms with Crippen molar-refractivity contribution in [2.24, 2.45) is 5.92 Å². The van der Waals surface area contributed by atoms with Crippen LogP contribution in [0.15, 0.2) is 60.7 Å². The molecule has 0 aliphatic rings. The number of nitrogens with one attached hydrogen (secondary N) is 2. The van der Waals surface area contributed by atoms with Crippen molar-refractivity contribution >= 4 is 34.4 Å². The van der Waals surface area contributed by atoms with Crippen LogP contribution >= 0.6 is 0 Å². The number of benzene rings is 3. The molecule has 3 aromatic rings. The minimum absolute atomic E-state index is 0.235. The lowest BCUT2D eigenvalue weighted by molar-refractivity contribution is -0.141. The predicted molar refractivity (Wildman–Crippen MR) is 180 cm³/mol. The number of carbonyl (C=O) groups is 3. The summed E-state index contributed by atoms with van der Waals surface area (Å²) in [6.07, 6.45) is 4.31. The van der Waals surface area contributed by atoms with Gasteiger partial charge in [-0.2, -0.15) is 0 Å². The van der Waals surface area contributed by atoms with Crippen molar-refractivity contribution in [3.63, 3.8) is 0 Å². The third kappa shape index (κ3) is 9.83. The Hall–Kier alpha value is -3.87. The van der Waals surface area contributed by atoms with Gasteiger partial charge in [0, 0.05) is 12.2 Å². The molecule has 7 heteroatoms. The van der Waals surface area contributed by atoms with E-state index in [9.17, 15) is 14.4 Å². The molecular weight excluding hydrogens is 550 g/mol. The van der Waals surface area contributed by atoms with E-state index in [-0.39, 0.29) is 17.7 Å². The molecule has 0 saturated carbocycles. The van der Waals surface area contributed by atoms with Crippen molar-refractivity contribution < 1.29 is 19.1 Å². The van der Waals surface area contributed by atoms with Crippen molar-refractivity contribution in [1.29, 1.82) is 0 Å². The van der Waals surface area contributed by atoms with Crippen molar-refractivity contribution in [2.45, 2.75) is 105 Å². The zero-order chi connectivity index (χ0) is 32.4. The SMILES string of the molecule is CCCCCCCN(C(=O)C(NC(=O)OC(C)(C)C)C(C)C)C(C(=O)Nc1ccc2ccccc2c1)c1ccc(C)cc1C. The monoisotopic (exact) mass is 601 g/mol. The fourth-order valence-corrected chi connectivity index (χ4v) is 5.44. The summed E-state index contributed by atoms with van der Waals surface area (Å²) in [7, 11) is 0. The van der Waals surface area contributed by atoms with Crippen molar-refractivity contribution in [3.05, 3.63) is 77.4 Å². The average molecular weight is 602 g/mol. The Morgan fingerprint density at radius 2 is 1.55 bits per heavy atom. The van der Waals surface area contributed by atoms with Gasteiger partial charge in [0.05, 0.1) is 0 Å². The largest absolute Gasteiger partial charge is 0.444 e. The molecule has 0 heterocycles. The van der Waals surface area contributed by atoms with Gasteiger partial charge in [0.1, 0.15) is 17.7 Å². The zero-order valence-electron chi connectivity index (χ0n) is 27.8. The van der Waals surface area contributed by atoms with E-state index in [1.54, 1.807) is 25.7 Å². The van der Waals surface area contributed by atoms with Crippen LogP contribution < -0.4 is 10.6 Å². The number of ether oxygens (including phenoxy) is 1. The Morgan fingerprint density at radius 3 is 2.18 bits per heavy atom.